The number of anilines is 2. The van der Waals surface area contributed by atoms with Crippen LogP contribution in [0.2, 0.25) is 0 Å². The SMILES string of the molecule is O=C(Nc1ccc2c(c1)C1(CCOCC1)CN2CCF)[C@H]1CCCO1. The number of carbonyl (C=O) groups is 1. The maximum Gasteiger partial charge on any atom is 0.253 e. The monoisotopic (exact) mass is 348 g/mol. The number of benzene rings is 1. The van der Waals surface area contributed by atoms with Crippen molar-refractivity contribution in [3.05, 3.63) is 23.8 Å². The van der Waals surface area contributed by atoms with Gasteiger partial charge in [-0.05, 0) is 49.4 Å². The van der Waals surface area contributed by atoms with Gasteiger partial charge in [0.2, 0.25) is 0 Å². The highest BCUT2D eigenvalue weighted by molar-refractivity contribution is 5.94. The number of nitrogens with one attached hydrogen (secondary N) is 1. The zero-order chi connectivity index (χ0) is 17.3. The molecule has 0 saturated carbocycles. The molecule has 2 saturated heterocycles. The van der Waals surface area contributed by atoms with E-state index in [0.717, 1.165) is 56.8 Å². The van der Waals surface area contributed by atoms with Crippen molar-refractivity contribution in [2.45, 2.75) is 37.2 Å². The lowest BCUT2D eigenvalue weighted by molar-refractivity contribution is -0.124. The molecule has 1 atom stereocenters. The molecule has 3 aliphatic rings. The third kappa shape index (κ3) is 3.13. The van der Waals surface area contributed by atoms with Crippen LogP contribution in [0.5, 0.6) is 0 Å². The summed E-state index contributed by atoms with van der Waals surface area (Å²) in [7, 11) is 0. The van der Waals surface area contributed by atoms with Crippen LogP contribution in [0.25, 0.3) is 0 Å². The topological polar surface area (TPSA) is 50.8 Å². The second kappa shape index (κ2) is 6.92. The summed E-state index contributed by atoms with van der Waals surface area (Å²) in [5.41, 5.74) is 3.11. The normalized spacial score (nSPS) is 24.5. The number of hydrogen-bond donors (Lipinski definition) is 1. The molecule has 136 valence electrons. The van der Waals surface area contributed by atoms with E-state index < -0.39 is 0 Å². The number of nitrogens with zero attached hydrogens (tertiary/aromatic N) is 1. The third-order valence-electron chi connectivity index (χ3n) is 5.70. The van der Waals surface area contributed by atoms with Crippen molar-refractivity contribution >= 4 is 17.3 Å². The first-order valence-electron chi connectivity index (χ1n) is 9.17. The van der Waals surface area contributed by atoms with Gasteiger partial charge < -0.3 is 19.7 Å². The summed E-state index contributed by atoms with van der Waals surface area (Å²) in [6, 6.07) is 6.00. The number of rotatable bonds is 4. The molecule has 1 amide bonds. The predicted molar refractivity (Wildman–Crippen MR) is 94.0 cm³/mol. The van der Waals surface area contributed by atoms with E-state index in [1.807, 2.05) is 12.1 Å². The Kier molecular flexibility index (Phi) is 4.65. The van der Waals surface area contributed by atoms with E-state index in [1.165, 1.54) is 5.56 Å². The summed E-state index contributed by atoms with van der Waals surface area (Å²) in [6.45, 7) is 3.01. The van der Waals surface area contributed by atoms with Gasteiger partial charge in [-0.2, -0.15) is 0 Å². The third-order valence-corrected chi connectivity index (χ3v) is 5.70. The maximum atomic E-state index is 13.0. The molecule has 1 aromatic carbocycles. The molecule has 3 aliphatic heterocycles. The molecule has 1 N–H and O–H groups in total. The highest BCUT2D eigenvalue weighted by atomic mass is 19.1. The first-order valence-corrected chi connectivity index (χ1v) is 9.17. The van der Waals surface area contributed by atoms with Crippen LogP contribution in [0, 0.1) is 0 Å². The summed E-state index contributed by atoms with van der Waals surface area (Å²) in [4.78, 5) is 14.5. The van der Waals surface area contributed by atoms with E-state index in [1.54, 1.807) is 0 Å². The summed E-state index contributed by atoms with van der Waals surface area (Å²) < 4.78 is 24.0. The Morgan fingerprint density at radius 3 is 2.88 bits per heavy atom. The van der Waals surface area contributed by atoms with Crippen LogP contribution in [-0.4, -0.2) is 51.6 Å². The van der Waals surface area contributed by atoms with E-state index in [2.05, 4.69) is 16.3 Å². The largest absolute Gasteiger partial charge is 0.381 e. The average Bonchev–Trinajstić information content (AvgIpc) is 3.25. The van der Waals surface area contributed by atoms with E-state index in [9.17, 15) is 9.18 Å². The predicted octanol–water partition coefficient (Wildman–Crippen LogP) is 2.64. The van der Waals surface area contributed by atoms with Crippen molar-refractivity contribution < 1.29 is 18.7 Å². The standard InChI is InChI=1S/C19H25FN2O3/c20-7-8-22-13-19(5-10-24-11-6-19)15-12-14(3-4-16(15)22)21-18(23)17-2-1-9-25-17/h3-4,12,17H,1-2,5-11,13H2,(H,21,23)/t17-/m1/s1. The van der Waals surface area contributed by atoms with Crippen LogP contribution in [0.4, 0.5) is 15.8 Å². The minimum Gasteiger partial charge on any atom is -0.381 e. The molecule has 5 nitrogen and oxygen atoms in total. The fraction of sp³-hybridized carbons (Fsp3) is 0.632. The average molecular weight is 348 g/mol. The van der Waals surface area contributed by atoms with Crippen LogP contribution < -0.4 is 10.2 Å². The van der Waals surface area contributed by atoms with Gasteiger partial charge in [0.1, 0.15) is 12.8 Å². The van der Waals surface area contributed by atoms with Gasteiger partial charge in [0.05, 0.1) is 0 Å². The number of ether oxygens (including phenoxy) is 2. The fourth-order valence-electron chi connectivity index (χ4n) is 4.35. The van der Waals surface area contributed by atoms with Gasteiger partial charge in [-0.25, -0.2) is 4.39 Å². The molecule has 2 fully saturated rings. The molecule has 0 radical (unpaired) electrons. The van der Waals surface area contributed by atoms with Gasteiger partial charge in [0, 0.05) is 49.7 Å². The van der Waals surface area contributed by atoms with Gasteiger partial charge in [-0.3, -0.25) is 4.79 Å². The first kappa shape index (κ1) is 16.8. The molecule has 0 aliphatic carbocycles. The number of fused-ring (bicyclic) bond motifs is 2. The summed E-state index contributed by atoms with van der Waals surface area (Å²) in [5, 5.41) is 2.99. The molecule has 0 aromatic heterocycles. The van der Waals surface area contributed by atoms with Gasteiger partial charge in [-0.15, -0.1) is 0 Å². The van der Waals surface area contributed by atoms with Crippen LogP contribution in [0.3, 0.4) is 0 Å². The lowest BCUT2D eigenvalue weighted by Crippen LogP contribution is -2.39. The smallest absolute Gasteiger partial charge is 0.253 e. The molecule has 1 aromatic rings. The van der Waals surface area contributed by atoms with Crippen molar-refractivity contribution in [2.75, 3.05) is 49.8 Å². The Labute approximate surface area is 147 Å². The van der Waals surface area contributed by atoms with Gasteiger partial charge >= 0.3 is 0 Å². The zero-order valence-corrected chi connectivity index (χ0v) is 14.4. The number of hydrogen-bond acceptors (Lipinski definition) is 4. The molecule has 4 rings (SSSR count). The summed E-state index contributed by atoms with van der Waals surface area (Å²) >= 11 is 0. The molecular formula is C19H25FN2O3. The van der Waals surface area contributed by atoms with E-state index in [4.69, 9.17) is 9.47 Å². The summed E-state index contributed by atoms with van der Waals surface area (Å²) in [5.74, 6) is -0.0721. The van der Waals surface area contributed by atoms with Crippen molar-refractivity contribution in [1.82, 2.24) is 0 Å². The maximum absolute atomic E-state index is 13.0. The van der Waals surface area contributed by atoms with E-state index in [0.29, 0.717) is 13.2 Å². The Balaban J connectivity index is 1.60. The number of amides is 1. The Hall–Kier alpha value is -1.66. The molecule has 6 heteroatoms. The van der Waals surface area contributed by atoms with Crippen LogP contribution in [0.15, 0.2) is 18.2 Å². The van der Waals surface area contributed by atoms with E-state index >= 15 is 0 Å². The first-order chi connectivity index (χ1) is 12.2. The zero-order valence-electron chi connectivity index (χ0n) is 14.4. The Morgan fingerprint density at radius 2 is 2.16 bits per heavy atom. The van der Waals surface area contributed by atoms with Crippen LogP contribution >= 0.6 is 0 Å². The quantitative estimate of drug-likeness (QED) is 0.909. The minimum absolute atomic E-state index is 0.00729. The molecule has 0 bridgehead atoms. The molecule has 1 spiro atoms. The van der Waals surface area contributed by atoms with Crippen LogP contribution in [-0.2, 0) is 19.7 Å². The highest BCUT2D eigenvalue weighted by Gasteiger charge is 2.43. The lowest BCUT2D eigenvalue weighted by atomic mass is 9.76. The minimum atomic E-state index is -0.358. The van der Waals surface area contributed by atoms with E-state index in [-0.39, 0.29) is 24.1 Å². The second-order valence-corrected chi connectivity index (χ2v) is 7.23. The number of carbonyl (C=O) groups excluding carboxylic acids is 1. The second-order valence-electron chi connectivity index (χ2n) is 7.23. The van der Waals surface area contributed by atoms with Gasteiger partial charge in [0.25, 0.3) is 5.91 Å². The molecule has 3 heterocycles. The highest BCUT2D eigenvalue weighted by Crippen LogP contribution is 2.47. The van der Waals surface area contributed by atoms with Gasteiger partial charge in [-0.1, -0.05) is 0 Å². The fourth-order valence-corrected chi connectivity index (χ4v) is 4.35. The number of alkyl halides is 1. The molecule has 25 heavy (non-hydrogen) atoms. The lowest BCUT2D eigenvalue weighted by Gasteiger charge is -2.34. The Morgan fingerprint density at radius 1 is 1.32 bits per heavy atom. The van der Waals surface area contributed by atoms with Crippen LogP contribution in [0.1, 0.15) is 31.2 Å². The van der Waals surface area contributed by atoms with Gasteiger partial charge in [0.15, 0.2) is 0 Å². The van der Waals surface area contributed by atoms with Crippen molar-refractivity contribution in [3.8, 4) is 0 Å². The summed E-state index contributed by atoms with van der Waals surface area (Å²) in [6.07, 6.45) is 3.25. The Bertz CT molecular complexity index is 640. The number of halogens is 1. The van der Waals surface area contributed by atoms with Crippen molar-refractivity contribution in [2.24, 2.45) is 0 Å². The van der Waals surface area contributed by atoms with Crippen molar-refractivity contribution in [1.29, 1.82) is 0 Å². The molecule has 0 unspecified atom stereocenters. The molecular weight excluding hydrogens is 323 g/mol. The van der Waals surface area contributed by atoms with Crippen molar-refractivity contribution in [3.63, 3.8) is 0 Å².